The van der Waals surface area contributed by atoms with Gasteiger partial charge in [0.05, 0.1) is 5.02 Å². The molecule has 144 valence electrons. The van der Waals surface area contributed by atoms with E-state index in [1.165, 1.54) is 12.1 Å². The molecule has 7 heteroatoms. The highest BCUT2D eigenvalue weighted by Gasteiger charge is 2.18. The van der Waals surface area contributed by atoms with Crippen LogP contribution in [-0.2, 0) is 6.54 Å². The van der Waals surface area contributed by atoms with Crippen LogP contribution in [0.5, 0.6) is 0 Å². The normalized spacial score (nSPS) is 10.6. The summed E-state index contributed by atoms with van der Waals surface area (Å²) in [6.07, 6.45) is 0. The zero-order valence-corrected chi connectivity index (χ0v) is 16.4. The van der Waals surface area contributed by atoms with Gasteiger partial charge in [-0.05, 0) is 37.6 Å². The molecule has 0 radical (unpaired) electrons. The maximum Gasteiger partial charge on any atom is 0.272 e. The number of nitrogens with zero attached hydrogens (tertiary/aromatic N) is 3. The number of hydrogen-bond donors (Lipinski definition) is 1. The van der Waals surface area contributed by atoms with Gasteiger partial charge in [0.1, 0.15) is 23.2 Å². The molecule has 1 aromatic heterocycles. The predicted octanol–water partition coefficient (Wildman–Crippen LogP) is 4.98. The number of aryl methyl sites for hydroxylation is 1. The van der Waals surface area contributed by atoms with E-state index in [1.54, 1.807) is 24.0 Å². The van der Waals surface area contributed by atoms with Gasteiger partial charge >= 0.3 is 0 Å². The van der Waals surface area contributed by atoms with Crippen LogP contribution in [-0.4, -0.2) is 27.3 Å². The number of rotatable bonds is 6. The number of benzene rings is 2. The smallest absolute Gasteiger partial charge is 0.272 e. The van der Waals surface area contributed by atoms with Gasteiger partial charge < -0.3 is 10.2 Å². The zero-order chi connectivity index (χ0) is 20.1. The van der Waals surface area contributed by atoms with Crippen molar-refractivity contribution in [1.29, 1.82) is 0 Å². The summed E-state index contributed by atoms with van der Waals surface area (Å²) in [5.41, 5.74) is 1.91. The fraction of sp³-hybridized carbons (Fsp3) is 0.190. The van der Waals surface area contributed by atoms with Crippen molar-refractivity contribution >= 4 is 29.0 Å². The molecule has 3 rings (SSSR count). The van der Waals surface area contributed by atoms with Crippen molar-refractivity contribution in [2.24, 2.45) is 0 Å². The molecular formula is C21H20ClFN4O. The van der Waals surface area contributed by atoms with E-state index in [2.05, 4.69) is 15.3 Å². The highest BCUT2D eigenvalue weighted by molar-refractivity contribution is 6.31. The third-order valence-electron chi connectivity index (χ3n) is 4.13. The average molecular weight is 399 g/mol. The van der Waals surface area contributed by atoms with Gasteiger partial charge in [-0.1, -0.05) is 41.9 Å². The van der Waals surface area contributed by atoms with Crippen LogP contribution in [0, 0.1) is 12.7 Å². The van der Waals surface area contributed by atoms with Crippen molar-refractivity contribution in [2.75, 3.05) is 11.9 Å². The van der Waals surface area contributed by atoms with Crippen LogP contribution in [0.4, 0.5) is 15.9 Å². The third kappa shape index (κ3) is 4.84. The molecule has 0 spiro atoms. The van der Waals surface area contributed by atoms with E-state index in [9.17, 15) is 9.18 Å². The molecule has 0 aliphatic heterocycles. The summed E-state index contributed by atoms with van der Waals surface area (Å²) in [5, 5.41) is 3.05. The summed E-state index contributed by atoms with van der Waals surface area (Å²) in [4.78, 5) is 23.3. The molecule has 5 nitrogen and oxygen atoms in total. The van der Waals surface area contributed by atoms with Crippen molar-refractivity contribution in [3.63, 3.8) is 0 Å². The molecule has 0 aliphatic carbocycles. The van der Waals surface area contributed by atoms with Crippen molar-refractivity contribution in [1.82, 2.24) is 14.9 Å². The van der Waals surface area contributed by atoms with Crippen molar-refractivity contribution in [3.8, 4) is 0 Å². The average Bonchev–Trinajstić information content (AvgIpc) is 2.69. The number of aromatic nitrogens is 2. The van der Waals surface area contributed by atoms with E-state index in [1.807, 2.05) is 37.3 Å². The Morgan fingerprint density at radius 3 is 2.57 bits per heavy atom. The minimum atomic E-state index is -0.499. The Morgan fingerprint density at radius 2 is 1.89 bits per heavy atom. The molecule has 0 bridgehead atoms. The van der Waals surface area contributed by atoms with Gasteiger partial charge in [-0.15, -0.1) is 0 Å². The fourth-order valence-electron chi connectivity index (χ4n) is 2.76. The van der Waals surface area contributed by atoms with Crippen molar-refractivity contribution in [2.45, 2.75) is 20.4 Å². The molecule has 0 aliphatic rings. The van der Waals surface area contributed by atoms with Crippen LogP contribution >= 0.6 is 11.6 Å². The number of carbonyl (C=O) groups excluding carboxylic acids is 1. The van der Waals surface area contributed by atoms with Gasteiger partial charge in [0.25, 0.3) is 5.91 Å². The van der Waals surface area contributed by atoms with Crippen LogP contribution in [0.1, 0.15) is 28.8 Å². The molecule has 0 unspecified atom stereocenters. The Morgan fingerprint density at radius 1 is 1.14 bits per heavy atom. The summed E-state index contributed by atoms with van der Waals surface area (Å²) in [5.74, 6) is 0.213. The first-order valence-corrected chi connectivity index (χ1v) is 9.25. The Kier molecular flexibility index (Phi) is 6.21. The van der Waals surface area contributed by atoms with Gasteiger partial charge in [-0.3, -0.25) is 4.79 Å². The van der Waals surface area contributed by atoms with Crippen LogP contribution in [0.15, 0.2) is 54.6 Å². The number of halogens is 2. The van der Waals surface area contributed by atoms with E-state index in [0.717, 1.165) is 5.56 Å². The predicted molar refractivity (Wildman–Crippen MR) is 108 cm³/mol. The molecule has 1 heterocycles. The molecule has 1 amide bonds. The maximum absolute atomic E-state index is 13.3. The maximum atomic E-state index is 13.3. The summed E-state index contributed by atoms with van der Waals surface area (Å²) in [6, 6.07) is 15.6. The Hall–Kier alpha value is -2.99. The Balaban J connectivity index is 1.82. The first-order valence-electron chi connectivity index (χ1n) is 8.87. The van der Waals surface area contributed by atoms with Gasteiger partial charge in [0.15, 0.2) is 0 Å². The summed E-state index contributed by atoms with van der Waals surface area (Å²) in [7, 11) is 0. The SMILES string of the molecule is CCN(Cc1ccccc1)C(=O)c1cc(Nc2ccc(F)c(Cl)c2)nc(C)n1. The Bertz CT molecular complexity index is 981. The lowest BCUT2D eigenvalue weighted by molar-refractivity contribution is 0.0746. The summed E-state index contributed by atoms with van der Waals surface area (Å²) < 4.78 is 13.3. The number of amides is 1. The van der Waals surface area contributed by atoms with Gasteiger partial charge in [-0.25, -0.2) is 14.4 Å². The van der Waals surface area contributed by atoms with Crippen LogP contribution in [0.3, 0.4) is 0 Å². The molecule has 0 saturated carbocycles. The van der Waals surface area contributed by atoms with Crippen LogP contribution < -0.4 is 5.32 Å². The van der Waals surface area contributed by atoms with Gasteiger partial charge in [0.2, 0.25) is 0 Å². The molecule has 3 aromatic rings. The quantitative estimate of drug-likeness (QED) is 0.636. The lowest BCUT2D eigenvalue weighted by Crippen LogP contribution is -2.31. The largest absolute Gasteiger partial charge is 0.340 e. The van der Waals surface area contributed by atoms with Gasteiger partial charge in [0, 0.05) is 24.8 Å². The van der Waals surface area contributed by atoms with E-state index in [0.29, 0.717) is 36.1 Å². The van der Waals surface area contributed by atoms with Gasteiger partial charge in [-0.2, -0.15) is 0 Å². The van der Waals surface area contributed by atoms with E-state index >= 15 is 0 Å². The lowest BCUT2D eigenvalue weighted by atomic mass is 10.2. The second kappa shape index (κ2) is 8.80. The minimum Gasteiger partial charge on any atom is -0.340 e. The number of hydrogen-bond acceptors (Lipinski definition) is 4. The van der Waals surface area contributed by atoms with Crippen LogP contribution in [0.2, 0.25) is 5.02 Å². The highest BCUT2D eigenvalue weighted by atomic mass is 35.5. The minimum absolute atomic E-state index is 0.00657. The number of nitrogens with one attached hydrogen (secondary N) is 1. The first-order chi connectivity index (χ1) is 13.5. The molecule has 0 atom stereocenters. The first kappa shape index (κ1) is 19.8. The monoisotopic (exact) mass is 398 g/mol. The van der Waals surface area contributed by atoms with Crippen molar-refractivity contribution in [3.05, 3.63) is 82.5 Å². The second-order valence-electron chi connectivity index (χ2n) is 6.24. The topological polar surface area (TPSA) is 58.1 Å². The fourth-order valence-corrected chi connectivity index (χ4v) is 2.94. The molecule has 1 N–H and O–H groups in total. The van der Waals surface area contributed by atoms with E-state index < -0.39 is 5.82 Å². The summed E-state index contributed by atoms with van der Waals surface area (Å²) >= 11 is 5.82. The van der Waals surface area contributed by atoms with E-state index in [4.69, 9.17) is 11.6 Å². The van der Waals surface area contributed by atoms with Crippen molar-refractivity contribution < 1.29 is 9.18 Å². The van der Waals surface area contributed by atoms with Crippen LogP contribution in [0.25, 0.3) is 0 Å². The number of anilines is 2. The molecule has 2 aromatic carbocycles. The lowest BCUT2D eigenvalue weighted by Gasteiger charge is -2.21. The standard InChI is InChI=1S/C21H20ClFN4O/c1-3-27(13-15-7-5-4-6-8-15)21(28)19-12-20(25-14(2)24-19)26-16-9-10-18(23)17(22)11-16/h4-12H,3,13H2,1-2H3,(H,24,25,26). The highest BCUT2D eigenvalue weighted by Crippen LogP contribution is 2.22. The number of carbonyl (C=O) groups is 1. The zero-order valence-electron chi connectivity index (χ0n) is 15.6. The molecular weight excluding hydrogens is 379 g/mol. The molecule has 28 heavy (non-hydrogen) atoms. The second-order valence-corrected chi connectivity index (χ2v) is 6.65. The molecule has 0 saturated heterocycles. The van der Waals surface area contributed by atoms with E-state index in [-0.39, 0.29) is 10.9 Å². The Labute approximate surface area is 168 Å². The summed E-state index contributed by atoms with van der Waals surface area (Å²) in [6.45, 7) is 4.68. The molecule has 0 fully saturated rings. The third-order valence-corrected chi connectivity index (χ3v) is 4.42.